The van der Waals surface area contributed by atoms with Crippen LogP contribution < -0.4 is 5.73 Å². The third kappa shape index (κ3) is 1.53. The van der Waals surface area contributed by atoms with Gasteiger partial charge in [0, 0.05) is 17.7 Å². The second-order valence-corrected chi connectivity index (χ2v) is 2.76. The molecule has 0 amide bonds. The number of halogens is 1. The number of rotatable bonds is 2. The summed E-state index contributed by atoms with van der Waals surface area (Å²) in [6.45, 7) is 5.69. The second-order valence-electron chi connectivity index (χ2n) is 2.76. The Hall–Kier alpha value is -1.15. The lowest BCUT2D eigenvalue weighted by Crippen LogP contribution is -2.01. The van der Waals surface area contributed by atoms with E-state index in [1.807, 2.05) is 0 Å². The van der Waals surface area contributed by atoms with Crippen LogP contribution in [0.2, 0.25) is 0 Å². The molecule has 64 valence electrons. The molecule has 0 aromatic heterocycles. The molecule has 0 heterocycles. The second kappa shape index (κ2) is 3.50. The molecule has 0 unspecified atom stereocenters. The fourth-order valence-corrected chi connectivity index (χ4v) is 1.07. The number of hydrogen-bond acceptors (Lipinski definition) is 1. The van der Waals surface area contributed by atoms with E-state index in [9.17, 15) is 4.39 Å². The summed E-state index contributed by atoms with van der Waals surface area (Å²) < 4.78 is 13.4. The molecule has 0 atom stereocenters. The first-order valence-electron chi connectivity index (χ1n) is 3.80. The molecule has 2 N–H and O–H groups in total. The van der Waals surface area contributed by atoms with E-state index in [1.54, 1.807) is 25.1 Å². The van der Waals surface area contributed by atoms with Crippen molar-refractivity contribution in [3.05, 3.63) is 41.7 Å². The van der Waals surface area contributed by atoms with Gasteiger partial charge in [0.25, 0.3) is 0 Å². The zero-order valence-corrected chi connectivity index (χ0v) is 7.10. The molecule has 0 saturated heterocycles. The van der Waals surface area contributed by atoms with E-state index in [2.05, 4.69) is 6.58 Å². The lowest BCUT2D eigenvalue weighted by Gasteiger charge is -2.05. The van der Waals surface area contributed by atoms with Crippen molar-refractivity contribution in [3.63, 3.8) is 0 Å². The average molecular weight is 165 g/mol. The van der Waals surface area contributed by atoms with Crippen LogP contribution in [0.15, 0.2) is 24.8 Å². The van der Waals surface area contributed by atoms with E-state index in [1.165, 1.54) is 0 Å². The van der Waals surface area contributed by atoms with Crippen LogP contribution in [0.1, 0.15) is 18.1 Å². The standard InChI is InChI=1S/C10H12FN/c1-7(2)9-5-3-4-8(6-12)10(9)11/h3-5H,1,6,12H2,2H3. The maximum atomic E-state index is 13.4. The third-order valence-electron chi connectivity index (χ3n) is 1.76. The lowest BCUT2D eigenvalue weighted by molar-refractivity contribution is 0.607. The van der Waals surface area contributed by atoms with E-state index in [0.717, 1.165) is 5.57 Å². The van der Waals surface area contributed by atoms with Crippen LogP contribution in [0.4, 0.5) is 4.39 Å². The first-order valence-corrected chi connectivity index (χ1v) is 3.80. The van der Waals surface area contributed by atoms with Crippen molar-refractivity contribution >= 4 is 5.57 Å². The van der Waals surface area contributed by atoms with Crippen molar-refractivity contribution in [2.75, 3.05) is 0 Å². The minimum absolute atomic E-state index is 0.229. The topological polar surface area (TPSA) is 26.0 Å². The highest BCUT2D eigenvalue weighted by molar-refractivity contribution is 5.62. The zero-order chi connectivity index (χ0) is 9.14. The molecule has 0 spiro atoms. The summed E-state index contributed by atoms with van der Waals surface area (Å²) in [4.78, 5) is 0. The van der Waals surface area contributed by atoms with Gasteiger partial charge in [0.1, 0.15) is 5.82 Å². The van der Waals surface area contributed by atoms with Crippen molar-refractivity contribution in [1.82, 2.24) is 0 Å². The molecule has 0 fully saturated rings. The monoisotopic (exact) mass is 165 g/mol. The normalized spacial score (nSPS) is 9.92. The molecule has 12 heavy (non-hydrogen) atoms. The van der Waals surface area contributed by atoms with Crippen LogP contribution in [0.25, 0.3) is 5.57 Å². The van der Waals surface area contributed by atoms with Gasteiger partial charge in [-0.1, -0.05) is 24.8 Å². The molecule has 0 saturated carbocycles. The number of allylic oxidation sites excluding steroid dienone is 1. The molecule has 0 aliphatic rings. The highest BCUT2D eigenvalue weighted by Gasteiger charge is 2.05. The molecule has 2 heteroatoms. The van der Waals surface area contributed by atoms with E-state index < -0.39 is 0 Å². The summed E-state index contributed by atoms with van der Waals surface area (Å²) in [5, 5.41) is 0. The molecule has 1 nitrogen and oxygen atoms in total. The van der Waals surface area contributed by atoms with Gasteiger partial charge in [0.15, 0.2) is 0 Å². The highest BCUT2D eigenvalue weighted by atomic mass is 19.1. The van der Waals surface area contributed by atoms with Gasteiger partial charge in [-0.3, -0.25) is 0 Å². The quantitative estimate of drug-likeness (QED) is 0.715. The number of benzene rings is 1. The van der Waals surface area contributed by atoms with Gasteiger partial charge < -0.3 is 5.73 Å². The largest absolute Gasteiger partial charge is 0.326 e. The Kier molecular flexibility index (Phi) is 2.61. The van der Waals surface area contributed by atoms with Gasteiger partial charge in [0.05, 0.1) is 0 Å². The summed E-state index contributed by atoms with van der Waals surface area (Å²) in [5.74, 6) is -0.243. The van der Waals surface area contributed by atoms with E-state index >= 15 is 0 Å². The Bertz CT molecular complexity index is 305. The van der Waals surface area contributed by atoms with Crippen LogP contribution in [0.3, 0.4) is 0 Å². The van der Waals surface area contributed by atoms with Crippen molar-refractivity contribution in [1.29, 1.82) is 0 Å². The summed E-state index contributed by atoms with van der Waals surface area (Å²) in [6, 6.07) is 5.17. The maximum Gasteiger partial charge on any atom is 0.135 e. The van der Waals surface area contributed by atoms with Crippen molar-refractivity contribution in [3.8, 4) is 0 Å². The molecular formula is C10H12FN. The Morgan fingerprint density at radius 3 is 2.75 bits per heavy atom. The molecular weight excluding hydrogens is 153 g/mol. The molecule has 1 aromatic rings. The summed E-state index contributed by atoms with van der Waals surface area (Å²) in [5.41, 5.74) is 7.17. The van der Waals surface area contributed by atoms with Crippen LogP contribution in [0.5, 0.6) is 0 Å². The third-order valence-corrected chi connectivity index (χ3v) is 1.76. The van der Waals surface area contributed by atoms with Gasteiger partial charge in [-0.15, -0.1) is 0 Å². The molecule has 1 aromatic carbocycles. The first kappa shape index (κ1) is 8.94. The van der Waals surface area contributed by atoms with Gasteiger partial charge >= 0.3 is 0 Å². The zero-order valence-electron chi connectivity index (χ0n) is 7.10. The van der Waals surface area contributed by atoms with E-state index in [4.69, 9.17) is 5.73 Å². The van der Waals surface area contributed by atoms with Crippen molar-refractivity contribution in [2.24, 2.45) is 5.73 Å². The minimum Gasteiger partial charge on any atom is -0.326 e. The van der Waals surface area contributed by atoms with Crippen molar-refractivity contribution in [2.45, 2.75) is 13.5 Å². The Balaban J connectivity index is 3.23. The van der Waals surface area contributed by atoms with Crippen LogP contribution in [-0.4, -0.2) is 0 Å². The van der Waals surface area contributed by atoms with Gasteiger partial charge in [0.2, 0.25) is 0 Å². The SMILES string of the molecule is C=C(C)c1cccc(CN)c1F. The van der Waals surface area contributed by atoms with Crippen LogP contribution in [-0.2, 0) is 6.54 Å². The molecule has 0 aliphatic carbocycles. The average Bonchev–Trinajstić information content (AvgIpc) is 2.04. The number of hydrogen-bond donors (Lipinski definition) is 1. The lowest BCUT2D eigenvalue weighted by atomic mass is 10.0. The molecule has 1 rings (SSSR count). The van der Waals surface area contributed by atoms with Gasteiger partial charge in [-0.2, -0.15) is 0 Å². The smallest absolute Gasteiger partial charge is 0.135 e. The minimum atomic E-state index is -0.243. The predicted octanol–water partition coefficient (Wildman–Crippen LogP) is 2.32. The molecule has 0 radical (unpaired) electrons. The Labute approximate surface area is 71.7 Å². The van der Waals surface area contributed by atoms with Gasteiger partial charge in [-0.25, -0.2) is 4.39 Å². The Morgan fingerprint density at radius 1 is 1.58 bits per heavy atom. The predicted molar refractivity (Wildman–Crippen MR) is 49.0 cm³/mol. The van der Waals surface area contributed by atoms with Crippen LogP contribution in [0, 0.1) is 5.82 Å². The highest BCUT2D eigenvalue weighted by Crippen LogP contribution is 2.18. The van der Waals surface area contributed by atoms with Gasteiger partial charge in [-0.05, 0) is 12.5 Å². The van der Waals surface area contributed by atoms with Crippen molar-refractivity contribution < 1.29 is 4.39 Å². The number of nitrogens with two attached hydrogens (primary N) is 1. The first-order chi connectivity index (χ1) is 5.66. The Morgan fingerprint density at radius 2 is 2.25 bits per heavy atom. The summed E-state index contributed by atoms with van der Waals surface area (Å²) in [6.07, 6.45) is 0. The fourth-order valence-electron chi connectivity index (χ4n) is 1.07. The van der Waals surface area contributed by atoms with E-state index in [0.29, 0.717) is 11.1 Å². The molecule has 0 aliphatic heterocycles. The summed E-state index contributed by atoms with van der Waals surface area (Å²) >= 11 is 0. The van der Waals surface area contributed by atoms with Crippen LogP contribution >= 0.6 is 0 Å². The molecule has 0 bridgehead atoms. The summed E-state index contributed by atoms with van der Waals surface area (Å²) in [7, 11) is 0. The van der Waals surface area contributed by atoms with E-state index in [-0.39, 0.29) is 12.4 Å². The maximum absolute atomic E-state index is 13.4. The fraction of sp³-hybridized carbons (Fsp3) is 0.200.